The third kappa shape index (κ3) is 3.27. The molecule has 108 valence electrons. The summed E-state index contributed by atoms with van der Waals surface area (Å²) in [4.78, 5) is 24.2. The fourth-order valence-electron chi connectivity index (χ4n) is 2.62. The summed E-state index contributed by atoms with van der Waals surface area (Å²) in [7, 11) is 0. The van der Waals surface area contributed by atoms with Crippen LogP contribution in [-0.2, 0) is 16.1 Å². The molecular weight excluding hydrogens is 262 g/mol. The molecule has 1 aliphatic rings. The molecule has 0 bridgehead atoms. The number of carboxylic acids is 2. The Hall–Kier alpha value is -2.08. The monoisotopic (exact) mass is 279 g/mol. The van der Waals surface area contributed by atoms with Crippen molar-refractivity contribution in [1.82, 2.24) is 4.90 Å². The molecule has 3 N–H and O–H groups in total. The summed E-state index contributed by atoms with van der Waals surface area (Å²) in [6, 6.07) is 6.77. The van der Waals surface area contributed by atoms with Gasteiger partial charge >= 0.3 is 11.9 Å². The fourth-order valence-corrected chi connectivity index (χ4v) is 2.62. The first-order chi connectivity index (χ1) is 9.47. The molecule has 1 aromatic carbocycles. The van der Waals surface area contributed by atoms with Crippen molar-refractivity contribution < 1.29 is 24.9 Å². The lowest BCUT2D eigenvalue weighted by atomic mass is 9.85. The van der Waals surface area contributed by atoms with E-state index in [9.17, 15) is 14.7 Å². The lowest BCUT2D eigenvalue weighted by Gasteiger charge is -2.34. The fraction of sp³-hybridized carbons (Fsp3) is 0.429. The predicted molar refractivity (Wildman–Crippen MR) is 70.3 cm³/mol. The number of piperidine rings is 1. The summed E-state index contributed by atoms with van der Waals surface area (Å²) in [5.74, 6) is -3.67. The third-order valence-electron chi connectivity index (χ3n) is 3.65. The second kappa shape index (κ2) is 5.92. The number of aliphatic carboxylic acids is 2. The number of carboxylic acid groups (broad SMARTS) is 2. The van der Waals surface area contributed by atoms with Crippen molar-refractivity contribution in [2.24, 2.45) is 11.8 Å². The average Bonchev–Trinajstić information content (AvgIpc) is 2.38. The Labute approximate surface area is 116 Å². The number of likely N-dealkylation sites (tertiary alicyclic amines) is 1. The zero-order valence-electron chi connectivity index (χ0n) is 10.9. The van der Waals surface area contributed by atoms with Crippen LogP contribution >= 0.6 is 0 Å². The molecule has 0 amide bonds. The molecule has 2 unspecified atom stereocenters. The summed E-state index contributed by atoms with van der Waals surface area (Å²) >= 11 is 0. The maximum absolute atomic E-state index is 11.2. The number of benzene rings is 1. The predicted octanol–water partition coefficient (Wildman–Crippen LogP) is 0.999. The number of hydrogen-bond donors (Lipinski definition) is 3. The molecule has 0 aromatic heterocycles. The zero-order valence-corrected chi connectivity index (χ0v) is 10.9. The van der Waals surface area contributed by atoms with Crippen LogP contribution in [0.3, 0.4) is 0 Å². The smallest absolute Gasteiger partial charge is 0.308 e. The number of phenols is 1. The SMILES string of the molecule is O=C(O)C1CCN(Cc2cccc(O)c2)CC1C(=O)O. The van der Waals surface area contributed by atoms with Gasteiger partial charge in [-0.05, 0) is 30.7 Å². The summed E-state index contributed by atoms with van der Waals surface area (Å²) in [6.07, 6.45) is 0.325. The number of phenolic OH excluding ortho intramolecular Hbond substituents is 1. The molecule has 0 spiro atoms. The molecule has 20 heavy (non-hydrogen) atoms. The van der Waals surface area contributed by atoms with Crippen LogP contribution in [0.2, 0.25) is 0 Å². The van der Waals surface area contributed by atoms with E-state index in [1.807, 2.05) is 11.0 Å². The Morgan fingerprint density at radius 2 is 1.90 bits per heavy atom. The van der Waals surface area contributed by atoms with Gasteiger partial charge in [0.15, 0.2) is 0 Å². The van der Waals surface area contributed by atoms with Crippen molar-refractivity contribution in [3.63, 3.8) is 0 Å². The second-order valence-electron chi connectivity index (χ2n) is 5.08. The molecule has 0 aliphatic carbocycles. The standard InChI is InChI=1S/C14H17NO5/c16-10-3-1-2-9(6-10)7-15-5-4-11(13(17)18)12(8-15)14(19)20/h1-3,6,11-12,16H,4-5,7-8H2,(H,17,18)(H,19,20). The minimum absolute atomic E-state index is 0.165. The largest absolute Gasteiger partial charge is 0.508 e. The lowest BCUT2D eigenvalue weighted by molar-refractivity contribution is -0.157. The van der Waals surface area contributed by atoms with Crippen LogP contribution in [0.5, 0.6) is 5.75 Å². The first-order valence-electron chi connectivity index (χ1n) is 6.43. The quantitative estimate of drug-likeness (QED) is 0.760. The van der Waals surface area contributed by atoms with Gasteiger partial charge in [-0.25, -0.2) is 0 Å². The van der Waals surface area contributed by atoms with Crippen molar-refractivity contribution >= 4 is 11.9 Å². The van der Waals surface area contributed by atoms with Crippen molar-refractivity contribution in [2.75, 3.05) is 13.1 Å². The first kappa shape index (κ1) is 14.3. The molecule has 6 heteroatoms. The molecule has 0 saturated carbocycles. The maximum atomic E-state index is 11.2. The molecule has 1 saturated heterocycles. The van der Waals surface area contributed by atoms with Gasteiger partial charge in [-0.15, -0.1) is 0 Å². The van der Waals surface area contributed by atoms with Crippen molar-refractivity contribution in [2.45, 2.75) is 13.0 Å². The van der Waals surface area contributed by atoms with E-state index in [0.717, 1.165) is 5.56 Å². The normalized spacial score (nSPS) is 23.4. The molecule has 1 fully saturated rings. The second-order valence-corrected chi connectivity index (χ2v) is 5.08. The zero-order chi connectivity index (χ0) is 14.7. The highest BCUT2D eigenvalue weighted by Crippen LogP contribution is 2.26. The molecule has 2 rings (SSSR count). The van der Waals surface area contributed by atoms with E-state index in [0.29, 0.717) is 19.5 Å². The molecular formula is C14H17NO5. The van der Waals surface area contributed by atoms with Crippen LogP contribution in [0, 0.1) is 11.8 Å². The average molecular weight is 279 g/mol. The van der Waals surface area contributed by atoms with Crippen molar-refractivity contribution in [3.05, 3.63) is 29.8 Å². The van der Waals surface area contributed by atoms with Gasteiger partial charge in [-0.2, -0.15) is 0 Å². The van der Waals surface area contributed by atoms with Crippen LogP contribution in [0.25, 0.3) is 0 Å². The Morgan fingerprint density at radius 1 is 1.20 bits per heavy atom. The van der Waals surface area contributed by atoms with Gasteiger partial charge in [0, 0.05) is 13.1 Å². The van der Waals surface area contributed by atoms with Gasteiger partial charge in [0.2, 0.25) is 0 Å². The topological polar surface area (TPSA) is 98.1 Å². The Kier molecular flexibility index (Phi) is 4.24. The summed E-state index contributed by atoms with van der Waals surface area (Å²) in [5, 5.41) is 27.6. The van der Waals surface area contributed by atoms with Gasteiger partial charge in [0.25, 0.3) is 0 Å². The van der Waals surface area contributed by atoms with E-state index in [-0.39, 0.29) is 12.3 Å². The van der Waals surface area contributed by atoms with Crippen LogP contribution in [0.4, 0.5) is 0 Å². The number of nitrogens with zero attached hydrogens (tertiary/aromatic N) is 1. The van der Waals surface area contributed by atoms with E-state index >= 15 is 0 Å². The van der Waals surface area contributed by atoms with Gasteiger partial charge in [0.05, 0.1) is 11.8 Å². The van der Waals surface area contributed by atoms with E-state index in [1.165, 1.54) is 0 Å². The number of aromatic hydroxyl groups is 1. The minimum atomic E-state index is -1.07. The highest BCUT2D eigenvalue weighted by molar-refractivity contribution is 5.80. The van der Waals surface area contributed by atoms with E-state index in [4.69, 9.17) is 10.2 Å². The molecule has 1 aromatic rings. The molecule has 1 aliphatic heterocycles. The van der Waals surface area contributed by atoms with Crippen LogP contribution < -0.4 is 0 Å². The summed E-state index contributed by atoms with van der Waals surface area (Å²) in [6.45, 7) is 1.25. The molecule has 0 radical (unpaired) electrons. The molecule has 6 nitrogen and oxygen atoms in total. The summed E-state index contributed by atoms with van der Waals surface area (Å²) < 4.78 is 0. The maximum Gasteiger partial charge on any atom is 0.308 e. The van der Waals surface area contributed by atoms with Gasteiger partial charge in [-0.1, -0.05) is 12.1 Å². The van der Waals surface area contributed by atoms with Gasteiger partial charge in [0.1, 0.15) is 5.75 Å². The van der Waals surface area contributed by atoms with E-state index in [2.05, 4.69) is 0 Å². The Morgan fingerprint density at radius 3 is 2.50 bits per heavy atom. The highest BCUT2D eigenvalue weighted by atomic mass is 16.4. The van der Waals surface area contributed by atoms with Gasteiger partial charge in [-0.3, -0.25) is 14.5 Å². The van der Waals surface area contributed by atoms with Crippen molar-refractivity contribution in [1.29, 1.82) is 0 Å². The van der Waals surface area contributed by atoms with Gasteiger partial charge < -0.3 is 15.3 Å². The van der Waals surface area contributed by atoms with Crippen LogP contribution in [0.15, 0.2) is 24.3 Å². The van der Waals surface area contributed by atoms with E-state index in [1.54, 1.807) is 18.2 Å². The number of rotatable bonds is 4. The first-order valence-corrected chi connectivity index (χ1v) is 6.43. The number of hydrogen-bond acceptors (Lipinski definition) is 4. The van der Waals surface area contributed by atoms with E-state index < -0.39 is 23.8 Å². The third-order valence-corrected chi connectivity index (χ3v) is 3.65. The molecule has 2 atom stereocenters. The van der Waals surface area contributed by atoms with Crippen molar-refractivity contribution in [3.8, 4) is 5.75 Å². The highest BCUT2D eigenvalue weighted by Gasteiger charge is 2.38. The number of carbonyl (C=O) groups is 2. The Bertz CT molecular complexity index is 516. The minimum Gasteiger partial charge on any atom is -0.508 e. The lowest BCUT2D eigenvalue weighted by Crippen LogP contribution is -2.46. The Balaban J connectivity index is 2.05. The summed E-state index contributed by atoms with van der Waals surface area (Å²) in [5.41, 5.74) is 0.878. The molecule has 1 heterocycles. The van der Waals surface area contributed by atoms with Crippen LogP contribution in [-0.4, -0.2) is 45.2 Å². The van der Waals surface area contributed by atoms with Crippen LogP contribution in [0.1, 0.15) is 12.0 Å².